The van der Waals surface area contributed by atoms with Gasteiger partial charge in [0, 0.05) is 30.9 Å². The van der Waals surface area contributed by atoms with Gasteiger partial charge in [0.2, 0.25) is 0 Å². The van der Waals surface area contributed by atoms with Gasteiger partial charge in [-0.3, -0.25) is 0 Å². The van der Waals surface area contributed by atoms with E-state index in [-0.39, 0.29) is 6.04 Å². The molecule has 0 aromatic heterocycles. The lowest BCUT2D eigenvalue weighted by atomic mass is 10.0. The molecule has 2 fully saturated rings. The van der Waals surface area contributed by atoms with Crippen LogP contribution in [-0.4, -0.2) is 45.1 Å². The molecule has 1 unspecified atom stereocenters. The Morgan fingerprint density at radius 2 is 1.70 bits per heavy atom. The van der Waals surface area contributed by atoms with Gasteiger partial charge in [-0.2, -0.15) is 0 Å². The summed E-state index contributed by atoms with van der Waals surface area (Å²) in [5.74, 6) is 0.680. The number of nitrogens with one attached hydrogen (secondary N) is 1. The number of rotatable bonds is 3. The van der Waals surface area contributed by atoms with Crippen molar-refractivity contribution in [2.24, 2.45) is 0 Å². The molecule has 0 spiro atoms. The molecule has 110 valence electrons. The molecule has 0 amide bonds. The maximum absolute atomic E-state index is 11.5. The van der Waals surface area contributed by atoms with Crippen LogP contribution in [0.25, 0.3) is 0 Å². The molecule has 2 aliphatic rings. The molecular formula is C15H22N2O2S. The number of anilines is 1. The summed E-state index contributed by atoms with van der Waals surface area (Å²) < 4.78 is 22.9. The summed E-state index contributed by atoms with van der Waals surface area (Å²) >= 11 is 0. The fraction of sp³-hybridized carbons (Fsp3) is 0.600. The van der Waals surface area contributed by atoms with E-state index in [1.54, 1.807) is 0 Å². The molecule has 4 nitrogen and oxygen atoms in total. The zero-order valence-electron chi connectivity index (χ0n) is 11.7. The van der Waals surface area contributed by atoms with Crippen molar-refractivity contribution in [3.8, 4) is 0 Å². The van der Waals surface area contributed by atoms with Gasteiger partial charge in [-0.05, 0) is 31.4 Å². The molecule has 2 saturated heterocycles. The highest BCUT2D eigenvalue weighted by atomic mass is 32.2. The van der Waals surface area contributed by atoms with Crippen LogP contribution in [0.2, 0.25) is 0 Å². The van der Waals surface area contributed by atoms with Gasteiger partial charge in [0.25, 0.3) is 0 Å². The molecule has 0 saturated carbocycles. The number of nitrogens with zero attached hydrogens (tertiary/aromatic N) is 1. The quantitative estimate of drug-likeness (QED) is 0.916. The highest BCUT2D eigenvalue weighted by Crippen LogP contribution is 2.21. The zero-order valence-corrected chi connectivity index (χ0v) is 12.5. The molecule has 0 bridgehead atoms. The van der Waals surface area contributed by atoms with Crippen molar-refractivity contribution in [2.75, 3.05) is 29.5 Å². The van der Waals surface area contributed by atoms with Crippen LogP contribution in [-0.2, 0) is 9.84 Å². The average Bonchev–Trinajstić information content (AvgIpc) is 2.80. The molecule has 5 heteroatoms. The lowest BCUT2D eigenvalue weighted by molar-refractivity contribution is 0.379. The van der Waals surface area contributed by atoms with E-state index in [0.29, 0.717) is 17.5 Å². The molecule has 2 heterocycles. The lowest BCUT2D eigenvalue weighted by Gasteiger charge is -2.35. The minimum absolute atomic E-state index is 0.174. The maximum atomic E-state index is 11.5. The van der Waals surface area contributed by atoms with Crippen LogP contribution in [0.5, 0.6) is 0 Å². The van der Waals surface area contributed by atoms with E-state index < -0.39 is 9.84 Å². The number of benzene rings is 1. The highest BCUT2D eigenvalue weighted by Gasteiger charge is 2.30. The van der Waals surface area contributed by atoms with E-state index in [9.17, 15) is 8.42 Å². The largest absolute Gasteiger partial charge is 0.371 e. The standard InChI is InChI=1S/C15H22N2O2S/c18-20(19)11-8-14(12-20)16-13-6-9-17(10-7-13)15-4-2-1-3-5-15/h1-5,13-14,16H,6-12H2. The Labute approximate surface area is 121 Å². The minimum atomic E-state index is -2.77. The summed E-state index contributed by atoms with van der Waals surface area (Å²) in [6.45, 7) is 2.09. The second kappa shape index (κ2) is 5.74. The first-order chi connectivity index (χ1) is 9.62. The van der Waals surface area contributed by atoms with E-state index in [4.69, 9.17) is 0 Å². The normalized spacial score (nSPS) is 26.8. The zero-order chi connectivity index (χ0) is 14.0. The number of para-hydroxylation sites is 1. The van der Waals surface area contributed by atoms with Gasteiger partial charge in [0.05, 0.1) is 11.5 Å². The van der Waals surface area contributed by atoms with Crippen molar-refractivity contribution in [3.63, 3.8) is 0 Å². The van der Waals surface area contributed by atoms with Crippen molar-refractivity contribution >= 4 is 15.5 Å². The highest BCUT2D eigenvalue weighted by molar-refractivity contribution is 7.91. The molecule has 3 rings (SSSR count). The fourth-order valence-corrected chi connectivity index (χ4v) is 4.89. The van der Waals surface area contributed by atoms with Crippen molar-refractivity contribution in [1.29, 1.82) is 0 Å². The van der Waals surface area contributed by atoms with Crippen LogP contribution in [0.3, 0.4) is 0 Å². The first kappa shape index (κ1) is 13.9. The minimum Gasteiger partial charge on any atom is -0.371 e. The Kier molecular flexibility index (Phi) is 3.98. The molecule has 0 aliphatic carbocycles. The Morgan fingerprint density at radius 3 is 2.30 bits per heavy atom. The van der Waals surface area contributed by atoms with E-state index >= 15 is 0 Å². The van der Waals surface area contributed by atoms with Crippen LogP contribution in [0.4, 0.5) is 5.69 Å². The van der Waals surface area contributed by atoms with E-state index in [0.717, 1.165) is 32.4 Å². The van der Waals surface area contributed by atoms with Crippen molar-refractivity contribution in [1.82, 2.24) is 5.32 Å². The molecule has 1 aromatic rings. The number of sulfone groups is 1. The van der Waals surface area contributed by atoms with Crippen LogP contribution in [0.1, 0.15) is 19.3 Å². The summed E-state index contributed by atoms with van der Waals surface area (Å²) in [5, 5.41) is 3.54. The van der Waals surface area contributed by atoms with Crippen LogP contribution in [0, 0.1) is 0 Å². The lowest BCUT2D eigenvalue weighted by Crippen LogP contribution is -2.46. The van der Waals surface area contributed by atoms with Gasteiger partial charge >= 0.3 is 0 Å². The van der Waals surface area contributed by atoms with Crippen molar-refractivity contribution in [2.45, 2.75) is 31.3 Å². The predicted octanol–water partition coefficient (Wildman–Crippen LogP) is 1.43. The fourth-order valence-electron chi connectivity index (χ4n) is 3.20. The number of piperidine rings is 1. The third-order valence-electron chi connectivity index (χ3n) is 4.32. The summed E-state index contributed by atoms with van der Waals surface area (Å²) in [6, 6.07) is 11.1. The summed E-state index contributed by atoms with van der Waals surface area (Å²) in [5.41, 5.74) is 1.29. The van der Waals surface area contributed by atoms with E-state index in [1.807, 2.05) is 6.07 Å². The van der Waals surface area contributed by atoms with E-state index in [1.165, 1.54) is 5.69 Å². The molecule has 0 radical (unpaired) electrons. The second-order valence-corrected chi connectivity index (χ2v) is 8.09. The molecule has 2 aliphatic heterocycles. The monoisotopic (exact) mass is 294 g/mol. The topological polar surface area (TPSA) is 49.4 Å². The third-order valence-corrected chi connectivity index (χ3v) is 6.09. The first-order valence-corrected chi connectivity index (χ1v) is 9.21. The van der Waals surface area contributed by atoms with Crippen molar-refractivity contribution in [3.05, 3.63) is 30.3 Å². The molecule has 1 N–H and O–H groups in total. The SMILES string of the molecule is O=S1(=O)CCC(NC2CCN(c3ccccc3)CC2)C1. The number of hydrogen-bond donors (Lipinski definition) is 1. The molecule has 20 heavy (non-hydrogen) atoms. The average molecular weight is 294 g/mol. The van der Waals surface area contributed by atoms with Crippen LogP contribution < -0.4 is 10.2 Å². The predicted molar refractivity (Wildman–Crippen MR) is 81.9 cm³/mol. The third kappa shape index (κ3) is 3.33. The molecule has 1 atom stereocenters. The van der Waals surface area contributed by atoms with Crippen molar-refractivity contribution < 1.29 is 8.42 Å². The van der Waals surface area contributed by atoms with E-state index in [2.05, 4.69) is 34.5 Å². The summed E-state index contributed by atoms with van der Waals surface area (Å²) in [7, 11) is -2.77. The summed E-state index contributed by atoms with van der Waals surface area (Å²) in [4.78, 5) is 2.41. The van der Waals surface area contributed by atoms with Gasteiger partial charge in [0.15, 0.2) is 9.84 Å². The Hall–Kier alpha value is -1.07. The Morgan fingerprint density at radius 1 is 1.00 bits per heavy atom. The maximum Gasteiger partial charge on any atom is 0.151 e. The van der Waals surface area contributed by atoms with Crippen LogP contribution in [0.15, 0.2) is 30.3 Å². The second-order valence-electron chi connectivity index (χ2n) is 5.86. The van der Waals surface area contributed by atoms with Gasteiger partial charge in [0.1, 0.15) is 0 Å². The molecular weight excluding hydrogens is 272 g/mol. The molecule has 1 aromatic carbocycles. The smallest absolute Gasteiger partial charge is 0.151 e. The Bertz CT molecular complexity index is 536. The van der Waals surface area contributed by atoms with Gasteiger partial charge in [-0.25, -0.2) is 8.42 Å². The Balaban J connectivity index is 1.50. The van der Waals surface area contributed by atoms with Gasteiger partial charge < -0.3 is 10.2 Å². The number of hydrogen-bond acceptors (Lipinski definition) is 4. The van der Waals surface area contributed by atoms with Gasteiger partial charge in [-0.15, -0.1) is 0 Å². The summed E-state index contributed by atoms with van der Waals surface area (Å²) in [6.07, 6.45) is 2.96. The first-order valence-electron chi connectivity index (χ1n) is 7.39. The van der Waals surface area contributed by atoms with Gasteiger partial charge in [-0.1, -0.05) is 18.2 Å². The van der Waals surface area contributed by atoms with Crippen LogP contribution >= 0.6 is 0 Å².